The Morgan fingerprint density at radius 1 is 0.667 bits per heavy atom. The molecule has 0 aromatic rings. The van der Waals surface area contributed by atoms with Crippen LogP contribution in [-0.4, -0.2) is 26.2 Å². The van der Waals surface area contributed by atoms with Crippen LogP contribution in [0.15, 0.2) is 0 Å². The summed E-state index contributed by atoms with van der Waals surface area (Å²) in [5.41, 5.74) is 25.1. The molecule has 0 rings (SSSR count). The first-order valence-corrected chi connectivity index (χ1v) is 2.41. The molecule has 0 aliphatic carbocycles. The van der Waals surface area contributed by atoms with Crippen LogP contribution in [0.3, 0.4) is 0 Å². The molecular weight excluding hydrogens is 299 g/mol. The van der Waals surface area contributed by atoms with E-state index in [1.54, 1.807) is 0 Å². The van der Waals surface area contributed by atoms with Crippen molar-refractivity contribution < 1.29 is 22.5 Å². The van der Waals surface area contributed by atoms with Gasteiger partial charge < -0.3 is 22.9 Å². The third-order valence-electron chi connectivity index (χ3n) is 0.250. The van der Waals surface area contributed by atoms with Crippen molar-refractivity contribution in [2.45, 2.75) is 0 Å². The Bertz CT molecular complexity index is 25.2. The van der Waals surface area contributed by atoms with Crippen LogP contribution in [0, 0.1) is 0 Å². The summed E-state index contributed by atoms with van der Waals surface area (Å²) >= 11 is 0. The smallest absolute Gasteiger partial charge is 0.679 e. The summed E-state index contributed by atoms with van der Waals surface area (Å²) < 4.78 is 0. The van der Waals surface area contributed by atoms with E-state index in [4.69, 9.17) is 22.9 Å². The fraction of sp³-hybridized carbons (Fsp3) is 1.00. The van der Waals surface area contributed by atoms with Crippen LogP contribution in [0.5, 0.6) is 0 Å². The minimum absolute atomic E-state index is 0. The Morgan fingerprint density at radius 3 is 0.778 bits per heavy atom. The summed E-state index contributed by atoms with van der Waals surface area (Å²) in [5.74, 6) is 0. The molecule has 58 valence electrons. The van der Waals surface area contributed by atoms with E-state index >= 15 is 0 Å². The van der Waals surface area contributed by atoms with Crippen molar-refractivity contribution in [3.8, 4) is 0 Å². The van der Waals surface area contributed by atoms with Gasteiger partial charge in [0.1, 0.15) is 0 Å². The molecule has 0 fully saturated rings. The topological polar surface area (TPSA) is 95.2 Å². The van der Waals surface area contributed by atoms with Crippen molar-refractivity contribution in [1.29, 1.82) is 0 Å². The van der Waals surface area contributed by atoms with Crippen molar-refractivity contribution in [2.75, 3.05) is 26.2 Å². The van der Waals surface area contributed by atoms with Crippen LogP contribution in [0.2, 0.25) is 0 Å². The maximum absolute atomic E-state index is 6.26. The molecule has 0 aliphatic rings. The number of nitrogens with one attached hydrogen (secondary N) is 4. The third-order valence-corrected chi connectivity index (χ3v) is 0.250. The van der Waals surface area contributed by atoms with Crippen LogP contribution >= 0.6 is 0 Å². The first-order valence-electron chi connectivity index (χ1n) is 2.41. The molecule has 0 aromatic heterocycles. The molecule has 0 radical (unpaired) electrons. The van der Waals surface area contributed by atoms with Crippen molar-refractivity contribution in [2.24, 2.45) is 0 Å². The second-order valence-corrected chi connectivity index (χ2v) is 1.000. The summed E-state index contributed by atoms with van der Waals surface area (Å²) in [7, 11) is 0. The maximum Gasteiger partial charge on any atom is 4.00 e. The summed E-state index contributed by atoms with van der Waals surface area (Å²) in [5, 5.41) is 0. The molecule has 0 amide bonds. The van der Waals surface area contributed by atoms with Crippen molar-refractivity contribution in [3.63, 3.8) is 0 Å². The van der Waals surface area contributed by atoms with Crippen LogP contribution < -0.4 is 0 Å². The minimum atomic E-state index is 0. The summed E-state index contributed by atoms with van der Waals surface area (Å²) in [6, 6.07) is 0. The predicted molar refractivity (Wildman–Crippen MR) is 37.9 cm³/mol. The Morgan fingerprint density at radius 2 is 0.778 bits per heavy atom. The molecule has 0 saturated heterocycles. The third kappa shape index (κ3) is 56.9. The fourth-order valence-electron chi connectivity index (χ4n) is 0. The van der Waals surface area contributed by atoms with E-state index < -0.39 is 0 Å². The van der Waals surface area contributed by atoms with E-state index in [0.29, 0.717) is 0 Å². The van der Waals surface area contributed by atoms with Crippen LogP contribution in [-0.2, 0) is 21.1 Å². The average Bonchev–Trinajstić information content (AvgIpc) is 1.88. The summed E-state index contributed by atoms with van der Waals surface area (Å²) in [6.07, 6.45) is 0. The van der Waals surface area contributed by atoms with Gasteiger partial charge in [0, 0.05) is 0 Å². The molecule has 4 nitrogen and oxygen atoms in total. The van der Waals surface area contributed by atoms with Crippen LogP contribution in [0.4, 0.5) is 0 Å². The van der Waals surface area contributed by atoms with Gasteiger partial charge in [-0.2, -0.15) is 26.2 Å². The summed E-state index contributed by atoms with van der Waals surface area (Å²) in [4.78, 5) is 0. The Labute approximate surface area is 72.1 Å². The monoisotopic (exact) mass is 312 g/mol. The largest absolute Gasteiger partial charge is 4.00 e. The zero-order chi connectivity index (χ0) is 6.83. The Balaban J connectivity index is -0.0000000300. The van der Waals surface area contributed by atoms with E-state index in [-0.39, 0.29) is 48.7 Å². The second kappa shape index (κ2) is 23.6. The van der Waals surface area contributed by atoms with Gasteiger partial charge in [0.2, 0.25) is 0 Å². The quantitative estimate of drug-likeness (QED) is 0.748. The zero-order valence-corrected chi connectivity index (χ0v) is 7.42. The van der Waals surface area contributed by atoms with Gasteiger partial charge in [0.15, 0.2) is 0 Å². The standard InChI is InChI=1S/2C2H6N2.Pt/c2*3-1-2-4;/h2*3-4H,1-2H2;/q2*-2;+4/p+1. The SMILES string of the molecule is [H+].[NH-]CC[NH-].[NH-]CC[NH-].[Pt+4]. The molecule has 0 bridgehead atoms. The molecule has 0 saturated carbocycles. The van der Waals surface area contributed by atoms with E-state index in [1.807, 2.05) is 0 Å². The van der Waals surface area contributed by atoms with Gasteiger partial charge >= 0.3 is 22.5 Å². The number of hydrogen-bond acceptors (Lipinski definition) is 0. The first kappa shape index (κ1) is 16.3. The van der Waals surface area contributed by atoms with Crippen molar-refractivity contribution >= 4 is 0 Å². The molecule has 5 heteroatoms. The van der Waals surface area contributed by atoms with Gasteiger partial charge in [-0.15, -0.1) is 0 Å². The van der Waals surface area contributed by atoms with E-state index in [1.165, 1.54) is 0 Å². The molecule has 0 aliphatic heterocycles. The molecule has 9 heavy (non-hydrogen) atoms. The normalized spacial score (nSPS) is 6.67. The molecule has 4 N–H and O–H groups in total. The van der Waals surface area contributed by atoms with Gasteiger partial charge in [0.05, 0.1) is 0 Å². The number of hydrogen-bond donors (Lipinski definition) is 0. The predicted octanol–water partition coefficient (Wildman–Crippen LogP) is 2.29. The van der Waals surface area contributed by atoms with Gasteiger partial charge in [0.25, 0.3) is 0 Å². The Kier molecular flexibility index (Phi) is 42.6. The molecule has 0 unspecified atom stereocenters. The van der Waals surface area contributed by atoms with E-state index in [9.17, 15) is 0 Å². The molecular formula is C4H13N4Pt+. The molecule has 0 heterocycles. The van der Waals surface area contributed by atoms with Crippen molar-refractivity contribution in [3.05, 3.63) is 22.9 Å². The van der Waals surface area contributed by atoms with Gasteiger partial charge in [-0.25, -0.2) is 0 Å². The summed E-state index contributed by atoms with van der Waals surface area (Å²) in [6.45, 7) is 0.944. The van der Waals surface area contributed by atoms with Crippen LogP contribution in [0.1, 0.15) is 1.43 Å². The second-order valence-electron chi connectivity index (χ2n) is 1.000. The molecule has 0 aromatic carbocycles. The first-order chi connectivity index (χ1) is 3.83. The van der Waals surface area contributed by atoms with Crippen LogP contribution in [0.25, 0.3) is 22.9 Å². The van der Waals surface area contributed by atoms with Gasteiger partial charge in [-0.3, -0.25) is 0 Å². The minimum Gasteiger partial charge on any atom is -0.679 e. The molecule has 0 atom stereocenters. The number of rotatable bonds is 2. The van der Waals surface area contributed by atoms with Gasteiger partial charge in [-0.05, 0) is 0 Å². The Hall–Kier alpha value is 0.528. The van der Waals surface area contributed by atoms with E-state index in [2.05, 4.69) is 0 Å². The van der Waals surface area contributed by atoms with Gasteiger partial charge in [-0.1, -0.05) is 0 Å². The molecule has 0 spiro atoms. The zero-order valence-electron chi connectivity index (χ0n) is 6.14. The van der Waals surface area contributed by atoms with Crippen molar-refractivity contribution in [1.82, 2.24) is 0 Å². The fourth-order valence-corrected chi connectivity index (χ4v) is 0. The maximum atomic E-state index is 6.26. The average molecular weight is 312 g/mol. The van der Waals surface area contributed by atoms with E-state index in [0.717, 1.165) is 0 Å².